The van der Waals surface area contributed by atoms with Crippen molar-refractivity contribution >= 4 is 33.7 Å². The molecule has 5 nitrogen and oxygen atoms in total. The fourth-order valence-electron chi connectivity index (χ4n) is 2.40. The van der Waals surface area contributed by atoms with Crippen molar-refractivity contribution in [2.75, 3.05) is 32.9 Å². The Morgan fingerprint density at radius 3 is 2.60 bits per heavy atom. The Kier molecular flexibility index (Phi) is 6.19. The summed E-state index contributed by atoms with van der Waals surface area (Å²) in [5.74, 6) is 0.655. The average Bonchev–Trinajstić information content (AvgIpc) is 2.67. The summed E-state index contributed by atoms with van der Waals surface area (Å²) in [4.78, 5) is 18.3. The second-order valence-corrected chi connectivity index (χ2v) is 6.41. The molecule has 1 heterocycles. The van der Waals surface area contributed by atoms with E-state index in [0.29, 0.717) is 32.1 Å². The van der Waals surface area contributed by atoms with Gasteiger partial charge in [0.2, 0.25) is 0 Å². The van der Waals surface area contributed by atoms with Gasteiger partial charge in [0, 0.05) is 23.8 Å². The van der Waals surface area contributed by atoms with Crippen LogP contribution in [0.1, 0.15) is 5.56 Å². The van der Waals surface area contributed by atoms with Crippen molar-refractivity contribution in [2.45, 2.75) is 0 Å². The lowest BCUT2D eigenvalue weighted by atomic mass is 10.2. The van der Waals surface area contributed by atoms with Gasteiger partial charge in [-0.3, -0.25) is 9.79 Å². The maximum atomic E-state index is 12.0. The zero-order valence-electron chi connectivity index (χ0n) is 13.7. The zero-order valence-corrected chi connectivity index (χ0v) is 15.3. The molecule has 0 radical (unpaired) electrons. The quantitative estimate of drug-likeness (QED) is 0.719. The van der Waals surface area contributed by atoms with Crippen LogP contribution in [0.25, 0.3) is 0 Å². The molecule has 2 aromatic carbocycles. The van der Waals surface area contributed by atoms with Crippen molar-refractivity contribution < 1.29 is 14.3 Å². The van der Waals surface area contributed by atoms with Gasteiger partial charge < -0.3 is 14.4 Å². The van der Waals surface area contributed by atoms with Gasteiger partial charge in [-0.15, -0.1) is 0 Å². The average molecular weight is 403 g/mol. The van der Waals surface area contributed by atoms with E-state index in [1.165, 1.54) is 0 Å². The number of benzene rings is 2. The van der Waals surface area contributed by atoms with Gasteiger partial charge in [-0.05, 0) is 57.9 Å². The first kappa shape index (κ1) is 17.6. The predicted molar refractivity (Wildman–Crippen MR) is 101 cm³/mol. The lowest BCUT2D eigenvalue weighted by Gasteiger charge is -2.26. The summed E-state index contributed by atoms with van der Waals surface area (Å²) in [6.07, 6.45) is 1.79. The Morgan fingerprint density at radius 2 is 1.88 bits per heavy atom. The number of carbonyl (C=O) groups excluding carboxylic acids is 1. The fourth-order valence-corrected chi connectivity index (χ4v) is 2.79. The van der Waals surface area contributed by atoms with Gasteiger partial charge in [0.05, 0.1) is 18.9 Å². The first-order chi connectivity index (χ1) is 12.2. The summed E-state index contributed by atoms with van der Waals surface area (Å²) in [6.45, 7) is 2.50. The molecule has 1 amide bonds. The molecule has 0 spiro atoms. The second-order valence-electron chi connectivity index (χ2n) is 5.56. The minimum absolute atomic E-state index is 0.0112. The van der Waals surface area contributed by atoms with Crippen LogP contribution in [0, 0.1) is 0 Å². The van der Waals surface area contributed by atoms with E-state index in [1.54, 1.807) is 11.1 Å². The zero-order chi connectivity index (χ0) is 17.5. The number of halogens is 1. The van der Waals surface area contributed by atoms with Crippen LogP contribution in [0.3, 0.4) is 0 Å². The Morgan fingerprint density at radius 1 is 1.16 bits per heavy atom. The molecule has 6 heteroatoms. The SMILES string of the molecule is O=C(COc1ccc(C=Nc2ccccc2Br)cc1)N1CCOCC1. The van der Waals surface area contributed by atoms with Crippen molar-refractivity contribution in [3.8, 4) is 5.75 Å². The normalized spacial score (nSPS) is 14.7. The van der Waals surface area contributed by atoms with Crippen LogP contribution in [0.15, 0.2) is 58.0 Å². The van der Waals surface area contributed by atoms with E-state index in [0.717, 1.165) is 15.7 Å². The topological polar surface area (TPSA) is 51.1 Å². The Labute approximate surface area is 155 Å². The number of amides is 1. The number of para-hydroxylation sites is 1. The van der Waals surface area contributed by atoms with Gasteiger partial charge in [0.1, 0.15) is 5.75 Å². The lowest BCUT2D eigenvalue weighted by molar-refractivity contribution is -0.137. The van der Waals surface area contributed by atoms with Crippen LogP contribution in [0.5, 0.6) is 5.75 Å². The highest BCUT2D eigenvalue weighted by Gasteiger charge is 2.16. The molecule has 0 N–H and O–H groups in total. The van der Waals surface area contributed by atoms with Gasteiger partial charge in [-0.2, -0.15) is 0 Å². The molecule has 25 heavy (non-hydrogen) atoms. The van der Waals surface area contributed by atoms with Gasteiger partial charge in [0.25, 0.3) is 5.91 Å². The third-order valence-corrected chi connectivity index (χ3v) is 4.48. The molecule has 0 aromatic heterocycles. The number of nitrogens with zero attached hydrogens (tertiary/aromatic N) is 2. The van der Waals surface area contributed by atoms with Crippen molar-refractivity contribution in [2.24, 2.45) is 4.99 Å². The molecule has 0 bridgehead atoms. The van der Waals surface area contributed by atoms with Gasteiger partial charge in [0.15, 0.2) is 6.61 Å². The summed E-state index contributed by atoms with van der Waals surface area (Å²) in [7, 11) is 0. The Balaban J connectivity index is 1.53. The van der Waals surface area contributed by atoms with Crippen LogP contribution in [0.2, 0.25) is 0 Å². The number of carbonyl (C=O) groups is 1. The van der Waals surface area contributed by atoms with Gasteiger partial charge in [-0.25, -0.2) is 0 Å². The third kappa shape index (κ3) is 5.14. The number of rotatable bonds is 5. The molecule has 1 aliphatic heterocycles. The van der Waals surface area contributed by atoms with Crippen molar-refractivity contribution in [1.82, 2.24) is 4.90 Å². The number of hydrogen-bond donors (Lipinski definition) is 0. The standard InChI is InChI=1S/C19H19BrN2O3/c20-17-3-1-2-4-18(17)21-13-15-5-7-16(8-6-15)25-14-19(23)22-9-11-24-12-10-22/h1-8,13H,9-12,14H2. The first-order valence-corrected chi connectivity index (χ1v) is 8.89. The van der Waals surface area contributed by atoms with E-state index < -0.39 is 0 Å². The second kappa shape index (κ2) is 8.78. The summed E-state index contributed by atoms with van der Waals surface area (Å²) in [5, 5.41) is 0. The van der Waals surface area contributed by atoms with Gasteiger partial charge >= 0.3 is 0 Å². The maximum Gasteiger partial charge on any atom is 0.260 e. The summed E-state index contributed by atoms with van der Waals surface area (Å²) in [5.41, 5.74) is 1.83. The minimum atomic E-state index is -0.0112. The number of morpholine rings is 1. The molecule has 0 saturated carbocycles. The van der Waals surface area contributed by atoms with E-state index in [2.05, 4.69) is 20.9 Å². The molecular formula is C19H19BrN2O3. The first-order valence-electron chi connectivity index (χ1n) is 8.09. The number of hydrogen-bond acceptors (Lipinski definition) is 4. The number of ether oxygens (including phenoxy) is 2. The molecule has 2 aromatic rings. The smallest absolute Gasteiger partial charge is 0.260 e. The summed E-state index contributed by atoms with van der Waals surface area (Å²) < 4.78 is 11.8. The summed E-state index contributed by atoms with van der Waals surface area (Å²) in [6, 6.07) is 15.3. The monoisotopic (exact) mass is 402 g/mol. The molecule has 0 unspecified atom stereocenters. The van der Waals surface area contributed by atoms with E-state index in [1.807, 2.05) is 48.5 Å². The van der Waals surface area contributed by atoms with Crippen LogP contribution >= 0.6 is 15.9 Å². The third-order valence-electron chi connectivity index (χ3n) is 3.81. The van der Waals surface area contributed by atoms with Crippen molar-refractivity contribution in [3.63, 3.8) is 0 Å². The van der Waals surface area contributed by atoms with E-state index in [9.17, 15) is 4.79 Å². The molecule has 0 atom stereocenters. The van der Waals surface area contributed by atoms with Crippen molar-refractivity contribution in [3.05, 3.63) is 58.6 Å². The van der Waals surface area contributed by atoms with Crippen LogP contribution in [-0.4, -0.2) is 49.9 Å². The molecule has 1 aliphatic rings. The van der Waals surface area contributed by atoms with Crippen molar-refractivity contribution in [1.29, 1.82) is 0 Å². The van der Waals surface area contributed by atoms with Crippen LogP contribution in [0.4, 0.5) is 5.69 Å². The van der Waals surface area contributed by atoms with Gasteiger partial charge in [-0.1, -0.05) is 12.1 Å². The van der Waals surface area contributed by atoms with Crippen LogP contribution < -0.4 is 4.74 Å². The lowest BCUT2D eigenvalue weighted by Crippen LogP contribution is -2.42. The highest BCUT2D eigenvalue weighted by molar-refractivity contribution is 9.10. The summed E-state index contributed by atoms with van der Waals surface area (Å²) >= 11 is 3.47. The fraction of sp³-hybridized carbons (Fsp3) is 0.263. The highest BCUT2D eigenvalue weighted by Crippen LogP contribution is 2.24. The molecular weight excluding hydrogens is 384 g/mol. The van der Waals surface area contributed by atoms with E-state index in [4.69, 9.17) is 9.47 Å². The highest BCUT2D eigenvalue weighted by atomic mass is 79.9. The predicted octanol–water partition coefficient (Wildman–Crippen LogP) is 3.44. The largest absolute Gasteiger partial charge is 0.484 e. The van der Waals surface area contributed by atoms with E-state index >= 15 is 0 Å². The molecule has 1 saturated heterocycles. The maximum absolute atomic E-state index is 12.0. The molecule has 3 rings (SSSR count). The Bertz CT molecular complexity index is 741. The van der Waals surface area contributed by atoms with E-state index in [-0.39, 0.29) is 12.5 Å². The molecule has 130 valence electrons. The minimum Gasteiger partial charge on any atom is -0.484 e. The molecule has 0 aliphatic carbocycles. The number of aliphatic imine (C=N–C) groups is 1. The van der Waals surface area contributed by atoms with Crippen LogP contribution in [-0.2, 0) is 9.53 Å². The molecule has 1 fully saturated rings. The Hall–Kier alpha value is -2.18.